The monoisotopic (exact) mass is 466 g/mol. The minimum atomic E-state index is -4.47. The third-order valence-corrected chi connectivity index (χ3v) is 5.87. The standard InChI is InChI=1S/C22H47N2O6P/c1-6-7-8-9-10-11-12-13-14-15-17-28-20-22(19-23-21(2)25)30-31(26,27)29-18-16-24(3,4)5/h22H,6-20H2,1-5H3,(H-,23,25,26,27). The van der Waals surface area contributed by atoms with E-state index in [1.54, 1.807) is 0 Å². The summed E-state index contributed by atoms with van der Waals surface area (Å²) in [6.45, 7) is 4.86. The molecule has 1 N–H and O–H groups in total. The van der Waals surface area contributed by atoms with Gasteiger partial charge in [-0.25, -0.2) is 0 Å². The van der Waals surface area contributed by atoms with Crippen molar-refractivity contribution in [2.45, 2.75) is 84.2 Å². The molecule has 0 spiro atoms. The van der Waals surface area contributed by atoms with Gasteiger partial charge in [-0.1, -0.05) is 64.7 Å². The van der Waals surface area contributed by atoms with Crippen molar-refractivity contribution in [3.8, 4) is 0 Å². The molecule has 186 valence electrons. The van der Waals surface area contributed by atoms with E-state index in [4.69, 9.17) is 13.8 Å². The van der Waals surface area contributed by atoms with Crippen molar-refractivity contribution >= 4 is 13.7 Å². The predicted octanol–water partition coefficient (Wildman–Crippen LogP) is 3.64. The summed E-state index contributed by atoms with van der Waals surface area (Å²) in [5.74, 6) is -0.255. The van der Waals surface area contributed by atoms with Gasteiger partial charge in [-0.2, -0.15) is 0 Å². The first-order valence-electron chi connectivity index (χ1n) is 11.8. The van der Waals surface area contributed by atoms with Gasteiger partial charge in [0.25, 0.3) is 7.82 Å². The first-order chi connectivity index (χ1) is 14.6. The Morgan fingerprint density at radius 2 is 1.52 bits per heavy atom. The minimum Gasteiger partial charge on any atom is -0.756 e. The Hall–Kier alpha value is -0.500. The highest BCUT2D eigenvalue weighted by molar-refractivity contribution is 7.45. The predicted molar refractivity (Wildman–Crippen MR) is 123 cm³/mol. The molecule has 8 nitrogen and oxygen atoms in total. The third kappa shape index (κ3) is 22.5. The molecular formula is C22H47N2O6P. The lowest BCUT2D eigenvalue weighted by atomic mass is 10.1. The SMILES string of the molecule is CCCCCCCCCCCCOCC(CNC(C)=O)OP(=O)([O-])OCC[N+](C)(C)C. The molecule has 1 amide bonds. The van der Waals surface area contributed by atoms with Crippen molar-refractivity contribution in [1.82, 2.24) is 5.32 Å². The number of phosphoric acid groups is 1. The molecule has 0 rings (SSSR count). The topological polar surface area (TPSA) is 96.9 Å². The van der Waals surface area contributed by atoms with Crippen LogP contribution in [0.3, 0.4) is 0 Å². The summed E-state index contributed by atoms with van der Waals surface area (Å²) in [5.41, 5.74) is 0. The molecule has 0 fully saturated rings. The lowest BCUT2D eigenvalue weighted by molar-refractivity contribution is -0.870. The van der Waals surface area contributed by atoms with Crippen LogP contribution >= 0.6 is 7.82 Å². The number of hydrogen-bond acceptors (Lipinski definition) is 6. The van der Waals surface area contributed by atoms with Crippen LogP contribution in [0.15, 0.2) is 0 Å². The summed E-state index contributed by atoms with van der Waals surface area (Å²) in [6, 6.07) is 0. The van der Waals surface area contributed by atoms with Gasteiger partial charge < -0.3 is 28.5 Å². The van der Waals surface area contributed by atoms with Crippen molar-refractivity contribution in [1.29, 1.82) is 0 Å². The van der Waals surface area contributed by atoms with Gasteiger partial charge in [0, 0.05) is 20.1 Å². The second-order valence-corrected chi connectivity index (χ2v) is 10.6. The Labute approximate surface area is 190 Å². The summed E-state index contributed by atoms with van der Waals surface area (Å²) in [7, 11) is 1.37. The molecule has 0 saturated heterocycles. The van der Waals surface area contributed by atoms with Crippen LogP contribution in [0.2, 0.25) is 0 Å². The van der Waals surface area contributed by atoms with Crippen LogP contribution in [0.25, 0.3) is 0 Å². The van der Waals surface area contributed by atoms with Crippen LogP contribution in [0, 0.1) is 0 Å². The summed E-state index contributed by atoms with van der Waals surface area (Å²) in [4.78, 5) is 23.3. The number of quaternary nitrogens is 1. The van der Waals surface area contributed by atoms with E-state index in [1.807, 2.05) is 21.1 Å². The zero-order valence-electron chi connectivity index (χ0n) is 20.5. The minimum absolute atomic E-state index is 0.0383. The summed E-state index contributed by atoms with van der Waals surface area (Å²) < 4.78 is 28.4. The number of hydrogen-bond donors (Lipinski definition) is 1. The van der Waals surface area contributed by atoms with E-state index >= 15 is 0 Å². The maximum absolute atomic E-state index is 12.1. The number of carbonyl (C=O) groups excluding carboxylic acids is 1. The summed E-state index contributed by atoms with van der Waals surface area (Å²) in [6.07, 6.45) is 11.6. The average molecular weight is 467 g/mol. The highest BCUT2D eigenvalue weighted by Gasteiger charge is 2.20. The van der Waals surface area contributed by atoms with Gasteiger partial charge >= 0.3 is 0 Å². The Kier molecular flexibility index (Phi) is 17.7. The molecule has 0 aliphatic carbocycles. The van der Waals surface area contributed by atoms with E-state index in [0.717, 1.165) is 12.8 Å². The molecule has 0 aliphatic heterocycles. The second-order valence-electron chi connectivity index (χ2n) is 9.22. The Bertz CT molecular complexity index is 499. The summed E-state index contributed by atoms with van der Waals surface area (Å²) in [5, 5.41) is 2.58. The highest BCUT2D eigenvalue weighted by atomic mass is 31.2. The van der Waals surface area contributed by atoms with E-state index in [2.05, 4.69) is 12.2 Å². The number of amides is 1. The van der Waals surface area contributed by atoms with Gasteiger partial charge in [-0.05, 0) is 6.42 Å². The van der Waals surface area contributed by atoms with Crippen molar-refractivity contribution in [2.24, 2.45) is 0 Å². The average Bonchev–Trinajstić information content (AvgIpc) is 2.65. The van der Waals surface area contributed by atoms with E-state index < -0.39 is 13.9 Å². The van der Waals surface area contributed by atoms with Crippen molar-refractivity contribution in [2.75, 3.05) is 54.1 Å². The van der Waals surface area contributed by atoms with E-state index in [1.165, 1.54) is 58.3 Å². The molecule has 31 heavy (non-hydrogen) atoms. The highest BCUT2D eigenvalue weighted by Crippen LogP contribution is 2.39. The largest absolute Gasteiger partial charge is 0.756 e. The fraction of sp³-hybridized carbons (Fsp3) is 0.955. The van der Waals surface area contributed by atoms with Crippen LogP contribution in [0.5, 0.6) is 0 Å². The van der Waals surface area contributed by atoms with Gasteiger partial charge in [0.2, 0.25) is 5.91 Å². The number of carbonyl (C=O) groups is 1. The van der Waals surface area contributed by atoms with E-state index in [-0.39, 0.29) is 25.7 Å². The van der Waals surface area contributed by atoms with E-state index in [9.17, 15) is 14.3 Å². The first kappa shape index (κ1) is 30.5. The molecule has 0 aromatic carbocycles. The molecule has 0 saturated carbocycles. The molecule has 0 bridgehead atoms. The molecule has 0 aromatic heterocycles. The fourth-order valence-corrected chi connectivity index (χ4v) is 3.80. The molecule has 2 unspecified atom stereocenters. The molecule has 2 atom stereocenters. The van der Waals surface area contributed by atoms with Crippen molar-refractivity contribution in [3.05, 3.63) is 0 Å². The Morgan fingerprint density at radius 3 is 2.03 bits per heavy atom. The quantitative estimate of drug-likeness (QED) is 0.158. The van der Waals surface area contributed by atoms with Gasteiger partial charge in [-0.15, -0.1) is 0 Å². The van der Waals surface area contributed by atoms with Gasteiger partial charge in [0.1, 0.15) is 19.3 Å². The molecular weight excluding hydrogens is 419 g/mol. The number of rotatable bonds is 21. The van der Waals surface area contributed by atoms with Crippen molar-refractivity contribution in [3.63, 3.8) is 0 Å². The zero-order valence-corrected chi connectivity index (χ0v) is 21.4. The van der Waals surface area contributed by atoms with Crippen LogP contribution < -0.4 is 10.2 Å². The smallest absolute Gasteiger partial charge is 0.268 e. The zero-order chi connectivity index (χ0) is 23.6. The van der Waals surface area contributed by atoms with Crippen LogP contribution in [-0.4, -0.2) is 70.5 Å². The fourth-order valence-electron chi connectivity index (χ4n) is 2.93. The molecule has 0 heterocycles. The van der Waals surface area contributed by atoms with E-state index in [0.29, 0.717) is 17.6 Å². The molecule has 0 aliphatic rings. The van der Waals surface area contributed by atoms with Gasteiger partial charge in [0.05, 0.1) is 27.7 Å². The second kappa shape index (κ2) is 18.0. The summed E-state index contributed by atoms with van der Waals surface area (Å²) >= 11 is 0. The molecule has 0 aromatic rings. The number of unbranched alkanes of at least 4 members (excludes halogenated alkanes) is 9. The number of nitrogens with one attached hydrogen (secondary N) is 1. The van der Waals surface area contributed by atoms with Crippen molar-refractivity contribution < 1.29 is 32.5 Å². The van der Waals surface area contributed by atoms with Gasteiger partial charge in [0.15, 0.2) is 0 Å². The normalized spacial score (nSPS) is 14.9. The molecule has 0 radical (unpaired) electrons. The lowest BCUT2D eigenvalue weighted by Gasteiger charge is -2.30. The third-order valence-electron chi connectivity index (χ3n) is 4.81. The number of nitrogens with zero attached hydrogens (tertiary/aromatic N) is 1. The lowest BCUT2D eigenvalue weighted by Crippen LogP contribution is -2.38. The number of phosphoric ester groups is 1. The number of likely N-dealkylation sites (N-methyl/N-ethyl adjacent to an activating group) is 1. The van der Waals surface area contributed by atoms with Crippen LogP contribution in [0.4, 0.5) is 0 Å². The van der Waals surface area contributed by atoms with Gasteiger partial charge in [-0.3, -0.25) is 9.36 Å². The van der Waals surface area contributed by atoms with Crippen LogP contribution in [-0.2, 0) is 23.1 Å². The molecule has 9 heteroatoms. The number of ether oxygens (including phenoxy) is 1. The maximum atomic E-state index is 12.1. The first-order valence-corrected chi connectivity index (χ1v) is 13.3. The maximum Gasteiger partial charge on any atom is 0.268 e. The Balaban J connectivity index is 4.04. The Morgan fingerprint density at radius 1 is 0.968 bits per heavy atom. The van der Waals surface area contributed by atoms with Crippen LogP contribution in [0.1, 0.15) is 78.1 Å².